The lowest BCUT2D eigenvalue weighted by Gasteiger charge is -2.17. The zero-order valence-corrected chi connectivity index (χ0v) is 26.2. The van der Waals surface area contributed by atoms with Gasteiger partial charge in [0.25, 0.3) is 0 Å². The molecule has 26 heteroatoms. The van der Waals surface area contributed by atoms with E-state index in [1.165, 1.54) is 13.8 Å². The number of halogens is 1. The predicted octanol–water partition coefficient (Wildman–Crippen LogP) is 0.567. The number of ether oxygens (including phenoxy) is 1. The molecule has 2 heterocycles. The van der Waals surface area contributed by atoms with Crippen molar-refractivity contribution in [1.29, 1.82) is 0 Å². The van der Waals surface area contributed by atoms with Crippen LogP contribution in [0.15, 0.2) is 61.2 Å². The molecule has 44 heavy (non-hydrogen) atoms. The van der Waals surface area contributed by atoms with Gasteiger partial charge in [0.2, 0.25) is 0 Å². The standard InChI is InChI=1S/C8H16FNO2.2C5H5N.4H2O4S/c1-4-12-7(11)6(10)5-8(2,3)9;2*1-2-4-6-5-3-1;4*1-5(2,3)4/h6H,4-5,10H2,1-3H3;2*1-5H;4*(H2,1,2,3,4)/t6-;;;;;;/m0....../s1. The minimum Gasteiger partial charge on any atom is -0.465 e. The summed E-state index contributed by atoms with van der Waals surface area (Å²) >= 11 is 0. The molecule has 0 spiro atoms. The molecule has 260 valence electrons. The fourth-order valence-electron chi connectivity index (χ4n) is 1.48. The van der Waals surface area contributed by atoms with Gasteiger partial charge in [-0.1, -0.05) is 12.1 Å². The van der Waals surface area contributed by atoms with Crippen molar-refractivity contribution < 1.29 is 84.0 Å². The lowest BCUT2D eigenvalue weighted by molar-refractivity contribution is -0.145. The summed E-state index contributed by atoms with van der Waals surface area (Å²) in [6.07, 6.45) is 6.99. The van der Waals surface area contributed by atoms with E-state index in [1.54, 1.807) is 31.7 Å². The van der Waals surface area contributed by atoms with Crippen LogP contribution in [0.5, 0.6) is 0 Å². The molecule has 1 atom stereocenters. The van der Waals surface area contributed by atoms with Crippen molar-refractivity contribution in [2.45, 2.75) is 38.9 Å². The second-order valence-corrected chi connectivity index (χ2v) is 10.7. The first-order valence-corrected chi connectivity index (χ1v) is 16.1. The van der Waals surface area contributed by atoms with E-state index in [0.29, 0.717) is 0 Å². The molecule has 0 aromatic carbocycles. The van der Waals surface area contributed by atoms with Gasteiger partial charge >= 0.3 is 47.6 Å². The minimum absolute atomic E-state index is 0.00810. The van der Waals surface area contributed by atoms with E-state index in [2.05, 4.69) is 14.7 Å². The molecule has 10 N–H and O–H groups in total. The first kappa shape index (κ1) is 50.8. The Balaban J connectivity index is -0.000000139. The fraction of sp³-hybridized carbons (Fsp3) is 0.389. The van der Waals surface area contributed by atoms with Crippen molar-refractivity contribution in [2.24, 2.45) is 5.73 Å². The number of carbonyl (C=O) groups excluding carboxylic acids is 1. The van der Waals surface area contributed by atoms with Crippen LogP contribution in [0.25, 0.3) is 0 Å². The predicted molar refractivity (Wildman–Crippen MR) is 150 cm³/mol. The second kappa shape index (κ2) is 26.5. The largest absolute Gasteiger partial charge is 0.465 e. The Morgan fingerprint density at radius 1 is 0.682 bits per heavy atom. The van der Waals surface area contributed by atoms with Gasteiger partial charge in [-0.25, -0.2) is 4.39 Å². The van der Waals surface area contributed by atoms with Gasteiger partial charge in [-0.2, -0.15) is 33.7 Å². The minimum atomic E-state index is -4.67. The van der Waals surface area contributed by atoms with Gasteiger partial charge in [0.05, 0.1) is 6.61 Å². The van der Waals surface area contributed by atoms with E-state index < -0.39 is 59.3 Å². The van der Waals surface area contributed by atoms with Crippen LogP contribution < -0.4 is 5.73 Å². The van der Waals surface area contributed by atoms with E-state index >= 15 is 0 Å². The monoisotopic (exact) mass is 727 g/mol. The van der Waals surface area contributed by atoms with Crippen molar-refractivity contribution in [2.75, 3.05) is 6.61 Å². The second-order valence-electron chi connectivity index (χ2n) is 7.12. The number of nitrogens with two attached hydrogens (primary N) is 1. The average Bonchev–Trinajstić information content (AvgIpc) is 2.77. The van der Waals surface area contributed by atoms with E-state index in [1.807, 2.05) is 36.4 Å². The molecule has 0 radical (unpaired) electrons. The van der Waals surface area contributed by atoms with Crippen LogP contribution in [-0.2, 0) is 51.1 Å². The molecule has 0 aliphatic rings. The summed E-state index contributed by atoms with van der Waals surface area (Å²) in [5.74, 6) is -0.539. The molecular weight excluding hydrogens is 693 g/mol. The van der Waals surface area contributed by atoms with Gasteiger partial charge in [0.15, 0.2) is 0 Å². The maximum atomic E-state index is 13.0. The average molecular weight is 728 g/mol. The number of pyridine rings is 2. The first-order chi connectivity index (χ1) is 19.4. The number of carbonyl (C=O) groups is 1. The lowest BCUT2D eigenvalue weighted by atomic mass is 10.0. The van der Waals surface area contributed by atoms with E-state index in [4.69, 9.17) is 75.8 Å². The van der Waals surface area contributed by atoms with Crippen molar-refractivity contribution in [3.63, 3.8) is 0 Å². The Morgan fingerprint density at radius 2 is 0.909 bits per heavy atom. The van der Waals surface area contributed by atoms with E-state index in [9.17, 15) is 9.18 Å². The molecule has 0 unspecified atom stereocenters. The van der Waals surface area contributed by atoms with E-state index in [-0.39, 0.29) is 13.0 Å². The van der Waals surface area contributed by atoms with Crippen LogP contribution in [0.2, 0.25) is 0 Å². The summed E-state index contributed by atoms with van der Waals surface area (Å²) in [6, 6.07) is 10.6. The third-order valence-electron chi connectivity index (χ3n) is 2.43. The number of hydrogen-bond donors (Lipinski definition) is 9. The zero-order valence-electron chi connectivity index (χ0n) is 22.9. The summed E-state index contributed by atoms with van der Waals surface area (Å²) in [6.45, 7) is 4.72. The van der Waals surface area contributed by atoms with Gasteiger partial charge in [0.1, 0.15) is 11.7 Å². The van der Waals surface area contributed by atoms with Crippen molar-refractivity contribution >= 4 is 47.6 Å². The summed E-state index contributed by atoms with van der Waals surface area (Å²) in [5.41, 5.74) is 3.95. The summed E-state index contributed by atoms with van der Waals surface area (Å²) in [7, 11) is -18.7. The molecule has 0 saturated carbocycles. The Kier molecular flexibility index (Phi) is 30.6. The van der Waals surface area contributed by atoms with Crippen LogP contribution >= 0.6 is 0 Å². The van der Waals surface area contributed by atoms with Gasteiger partial charge in [-0.15, -0.1) is 0 Å². The third-order valence-corrected chi connectivity index (χ3v) is 2.43. The maximum absolute atomic E-state index is 13.0. The van der Waals surface area contributed by atoms with E-state index in [0.717, 1.165) is 0 Å². The Hall–Kier alpha value is -2.86. The molecular formula is C18H34FN3O18S4. The number of rotatable bonds is 4. The van der Waals surface area contributed by atoms with Gasteiger partial charge < -0.3 is 10.5 Å². The normalized spacial score (nSPS) is 11.3. The SMILES string of the molecule is CCOC(=O)[C@@H](N)CC(C)(C)F.O=S(=O)(O)O.O=S(=O)(O)O.O=S(=O)(O)O.O=S(=O)(O)O.c1ccncc1.c1ccncc1. The molecule has 0 bridgehead atoms. The molecule has 2 aromatic heterocycles. The van der Waals surface area contributed by atoms with Crippen LogP contribution in [0.3, 0.4) is 0 Å². The third kappa shape index (κ3) is 127. The molecule has 0 fully saturated rings. The molecule has 0 saturated heterocycles. The summed E-state index contributed by atoms with van der Waals surface area (Å²) < 4.78 is 144. The highest BCUT2D eigenvalue weighted by atomic mass is 32.3. The quantitative estimate of drug-likeness (QED) is 0.153. The smallest absolute Gasteiger partial charge is 0.394 e. The first-order valence-electron chi connectivity index (χ1n) is 10.5. The summed E-state index contributed by atoms with van der Waals surface area (Å²) in [4.78, 5) is 18.5. The highest BCUT2D eigenvalue weighted by Crippen LogP contribution is 2.15. The van der Waals surface area contributed by atoms with Crippen molar-refractivity contribution in [1.82, 2.24) is 9.97 Å². The van der Waals surface area contributed by atoms with Gasteiger partial charge in [-0.3, -0.25) is 51.2 Å². The topological polar surface area (TPSA) is 376 Å². The molecule has 0 aliphatic carbocycles. The Labute approximate surface area is 253 Å². The highest BCUT2D eigenvalue weighted by Gasteiger charge is 2.25. The number of hydrogen-bond acceptors (Lipinski definition) is 13. The zero-order chi connectivity index (χ0) is 36.3. The number of esters is 1. The maximum Gasteiger partial charge on any atom is 0.394 e. The number of alkyl halides is 1. The molecule has 2 aromatic rings. The molecule has 0 amide bonds. The van der Waals surface area contributed by atoms with Crippen LogP contribution in [0.1, 0.15) is 27.2 Å². The Morgan fingerprint density at radius 3 is 1.02 bits per heavy atom. The fourth-order valence-corrected chi connectivity index (χ4v) is 1.48. The molecule has 2 rings (SSSR count). The number of aromatic nitrogens is 2. The molecule has 21 nitrogen and oxygen atoms in total. The van der Waals surface area contributed by atoms with Crippen molar-refractivity contribution in [3.8, 4) is 0 Å². The van der Waals surface area contributed by atoms with Gasteiger partial charge in [0, 0.05) is 31.2 Å². The van der Waals surface area contributed by atoms with Crippen LogP contribution in [-0.4, -0.2) is 104 Å². The lowest BCUT2D eigenvalue weighted by Crippen LogP contribution is -2.37. The van der Waals surface area contributed by atoms with Crippen LogP contribution in [0, 0.1) is 0 Å². The van der Waals surface area contributed by atoms with Crippen LogP contribution in [0.4, 0.5) is 4.39 Å². The molecule has 0 aliphatic heterocycles. The number of nitrogens with zero attached hydrogens (tertiary/aromatic N) is 2. The highest BCUT2D eigenvalue weighted by molar-refractivity contribution is 7.80. The summed E-state index contributed by atoms with van der Waals surface area (Å²) in [5, 5.41) is 0. The Bertz CT molecular complexity index is 1150. The van der Waals surface area contributed by atoms with Crippen molar-refractivity contribution in [3.05, 3.63) is 61.2 Å². The van der Waals surface area contributed by atoms with Gasteiger partial charge in [-0.05, 0) is 45.0 Å².